The molecule has 1 heterocycles. The number of rotatable bonds is 4. The zero-order valence-corrected chi connectivity index (χ0v) is 10.0. The first-order valence-corrected chi connectivity index (χ1v) is 6.42. The fourth-order valence-electron chi connectivity index (χ4n) is 2.26. The van der Waals surface area contributed by atoms with Crippen molar-refractivity contribution in [3.63, 3.8) is 0 Å². The maximum atomic E-state index is 11.6. The van der Waals surface area contributed by atoms with Crippen LogP contribution < -0.4 is 5.32 Å². The molecule has 2 fully saturated rings. The van der Waals surface area contributed by atoms with E-state index in [1.54, 1.807) is 0 Å². The number of likely N-dealkylation sites (tertiary alicyclic amines) is 1. The Morgan fingerprint density at radius 1 is 1.18 bits per heavy atom. The van der Waals surface area contributed by atoms with Crippen LogP contribution in [-0.4, -0.2) is 41.1 Å². The fourth-order valence-corrected chi connectivity index (χ4v) is 2.26. The van der Waals surface area contributed by atoms with Crippen molar-refractivity contribution >= 4 is 12.0 Å². The first-order valence-electron chi connectivity index (χ1n) is 6.42. The lowest BCUT2D eigenvalue weighted by Crippen LogP contribution is -2.46. The summed E-state index contributed by atoms with van der Waals surface area (Å²) < 4.78 is 0. The lowest BCUT2D eigenvalue weighted by atomic mass is 10.0. The zero-order valence-electron chi connectivity index (χ0n) is 10.0. The highest BCUT2D eigenvalue weighted by Gasteiger charge is 2.25. The van der Waals surface area contributed by atoms with E-state index in [9.17, 15) is 9.59 Å². The molecule has 17 heavy (non-hydrogen) atoms. The summed E-state index contributed by atoms with van der Waals surface area (Å²) in [4.78, 5) is 23.7. The molecule has 0 aromatic heterocycles. The van der Waals surface area contributed by atoms with Gasteiger partial charge in [0.1, 0.15) is 0 Å². The second-order valence-electron chi connectivity index (χ2n) is 5.09. The molecule has 5 nitrogen and oxygen atoms in total. The Balaban J connectivity index is 1.62. The molecule has 2 N–H and O–H groups in total. The number of hydrogen-bond acceptors (Lipinski definition) is 2. The molecule has 0 spiro atoms. The van der Waals surface area contributed by atoms with E-state index in [4.69, 9.17) is 5.11 Å². The predicted molar refractivity (Wildman–Crippen MR) is 62.7 cm³/mol. The number of piperidine rings is 1. The van der Waals surface area contributed by atoms with Gasteiger partial charge in [0, 0.05) is 25.6 Å². The largest absolute Gasteiger partial charge is 0.465 e. The molecule has 1 saturated carbocycles. The minimum atomic E-state index is -0.858. The van der Waals surface area contributed by atoms with Crippen molar-refractivity contribution in [2.75, 3.05) is 13.1 Å². The van der Waals surface area contributed by atoms with Crippen LogP contribution >= 0.6 is 0 Å². The molecule has 0 aromatic carbocycles. The van der Waals surface area contributed by atoms with Gasteiger partial charge < -0.3 is 15.3 Å². The van der Waals surface area contributed by atoms with Gasteiger partial charge >= 0.3 is 6.09 Å². The second kappa shape index (κ2) is 5.38. The maximum absolute atomic E-state index is 11.6. The average molecular weight is 240 g/mol. The Morgan fingerprint density at radius 2 is 1.82 bits per heavy atom. The highest BCUT2D eigenvalue weighted by molar-refractivity contribution is 5.76. The zero-order chi connectivity index (χ0) is 12.3. The van der Waals surface area contributed by atoms with Crippen LogP contribution in [-0.2, 0) is 4.79 Å². The summed E-state index contributed by atoms with van der Waals surface area (Å²) in [6.45, 7) is 1.06. The molecule has 2 rings (SSSR count). The monoisotopic (exact) mass is 240 g/mol. The highest BCUT2D eigenvalue weighted by Crippen LogP contribution is 2.33. The van der Waals surface area contributed by atoms with Crippen molar-refractivity contribution < 1.29 is 14.7 Å². The number of nitrogens with one attached hydrogen (secondary N) is 1. The molecule has 0 bridgehead atoms. The molecule has 0 aromatic rings. The van der Waals surface area contributed by atoms with E-state index >= 15 is 0 Å². The van der Waals surface area contributed by atoms with Crippen LogP contribution in [0.25, 0.3) is 0 Å². The molecule has 1 aliphatic heterocycles. The van der Waals surface area contributed by atoms with E-state index in [0.717, 1.165) is 25.2 Å². The summed E-state index contributed by atoms with van der Waals surface area (Å²) in [5.41, 5.74) is 0. The Morgan fingerprint density at radius 3 is 2.35 bits per heavy atom. The molecule has 0 atom stereocenters. The predicted octanol–water partition coefficient (Wildman–Crippen LogP) is 1.44. The second-order valence-corrected chi connectivity index (χ2v) is 5.09. The van der Waals surface area contributed by atoms with Gasteiger partial charge in [-0.15, -0.1) is 0 Å². The van der Waals surface area contributed by atoms with Gasteiger partial charge in [0.15, 0.2) is 0 Å². The van der Waals surface area contributed by atoms with E-state index < -0.39 is 6.09 Å². The summed E-state index contributed by atoms with van der Waals surface area (Å²) in [5, 5.41) is 11.8. The third-order valence-corrected chi connectivity index (χ3v) is 3.61. The Bertz CT molecular complexity index is 294. The molecule has 0 radical (unpaired) electrons. The number of nitrogens with zero attached hydrogens (tertiary/aromatic N) is 1. The number of carboxylic acid groups (broad SMARTS) is 1. The third-order valence-electron chi connectivity index (χ3n) is 3.61. The van der Waals surface area contributed by atoms with Crippen LogP contribution in [0.15, 0.2) is 0 Å². The summed E-state index contributed by atoms with van der Waals surface area (Å²) in [6, 6.07) is 0.164. The highest BCUT2D eigenvalue weighted by atomic mass is 16.4. The first-order chi connectivity index (χ1) is 8.15. The molecule has 1 aliphatic carbocycles. The van der Waals surface area contributed by atoms with Gasteiger partial charge in [-0.05, 0) is 25.2 Å². The number of carbonyl (C=O) groups is 2. The Labute approximate surface area is 101 Å². The van der Waals surface area contributed by atoms with Crippen LogP contribution in [0.1, 0.15) is 38.5 Å². The van der Waals surface area contributed by atoms with E-state index in [0.29, 0.717) is 19.5 Å². The lowest BCUT2D eigenvalue weighted by Gasteiger charge is -2.30. The molecule has 96 valence electrons. The van der Waals surface area contributed by atoms with Crippen LogP contribution in [0.4, 0.5) is 4.79 Å². The number of hydrogen-bond donors (Lipinski definition) is 2. The van der Waals surface area contributed by atoms with Crippen molar-refractivity contribution in [1.82, 2.24) is 10.2 Å². The first kappa shape index (κ1) is 12.2. The molecule has 1 saturated heterocycles. The van der Waals surface area contributed by atoms with Crippen LogP contribution in [0.5, 0.6) is 0 Å². The lowest BCUT2D eigenvalue weighted by molar-refractivity contribution is -0.122. The normalized spacial score (nSPS) is 21.3. The quantitative estimate of drug-likeness (QED) is 0.781. The average Bonchev–Trinajstić information content (AvgIpc) is 3.11. The molecule has 0 unspecified atom stereocenters. The van der Waals surface area contributed by atoms with Crippen LogP contribution in [0.3, 0.4) is 0 Å². The molecular formula is C12H20N2O3. The van der Waals surface area contributed by atoms with Gasteiger partial charge in [0.25, 0.3) is 0 Å². The van der Waals surface area contributed by atoms with E-state index in [2.05, 4.69) is 5.32 Å². The smallest absolute Gasteiger partial charge is 0.407 e. The van der Waals surface area contributed by atoms with Gasteiger partial charge in [0.05, 0.1) is 0 Å². The third kappa shape index (κ3) is 3.91. The Kier molecular flexibility index (Phi) is 3.86. The van der Waals surface area contributed by atoms with Crippen molar-refractivity contribution in [3.8, 4) is 0 Å². The standard InChI is InChI=1S/C12H20N2O3/c15-11(4-3-9-1-2-9)13-10-5-7-14(8-6-10)12(16)17/h9-10H,1-8H2,(H,13,15)(H,16,17). The van der Waals surface area contributed by atoms with E-state index in [1.807, 2.05) is 0 Å². The van der Waals surface area contributed by atoms with Crippen molar-refractivity contribution in [2.24, 2.45) is 5.92 Å². The van der Waals surface area contributed by atoms with Gasteiger partial charge in [-0.2, -0.15) is 0 Å². The van der Waals surface area contributed by atoms with E-state index in [-0.39, 0.29) is 11.9 Å². The van der Waals surface area contributed by atoms with Crippen molar-refractivity contribution in [3.05, 3.63) is 0 Å². The summed E-state index contributed by atoms with van der Waals surface area (Å²) in [5.74, 6) is 0.917. The van der Waals surface area contributed by atoms with Gasteiger partial charge in [-0.1, -0.05) is 12.8 Å². The number of amides is 2. The minimum absolute atomic E-state index is 0.130. The van der Waals surface area contributed by atoms with Crippen LogP contribution in [0, 0.1) is 5.92 Å². The molecule has 5 heteroatoms. The Hall–Kier alpha value is -1.26. The maximum Gasteiger partial charge on any atom is 0.407 e. The van der Waals surface area contributed by atoms with Crippen molar-refractivity contribution in [2.45, 2.75) is 44.6 Å². The van der Waals surface area contributed by atoms with Gasteiger partial charge in [-0.3, -0.25) is 4.79 Å². The van der Waals surface area contributed by atoms with Gasteiger partial charge in [-0.25, -0.2) is 4.79 Å². The SMILES string of the molecule is O=C(CCC1CC1)NC1CCN(C(=O)O)CC1. The fraction of sp³-hybridized carbons (Fsp3) is 0.833. The minimum Gasteiger partial charge on any atom is -0.465 e. The van der Waals surface area contributed by atoms with Crippen LogP contribution in [0.2, 0.25) is 0 Å². The summed E-state index contributed by atoms with van der Waals surface area (Å²) in [6.07, 6.45) is 4.82. The van der Waals surface area contributed by atoms with E-state index in [1.165, 1.54) is 17.7 Å². The molecule has 2 amide bonds. The van der Waals surface area contributed by atoms with Crippen molar-refractivity contribution in [1.29, 1.82) is 0 Å². The summed E-state index contributed by atoms with van der Waals surface area (Å²) >= 11 is 0. The molecular weight excluding hydrogens is 220 g/mol. The topological polar surface area (TPSA) is 69.6 Å². The molecule has 2 aliphatic rings. The van der Waals surface area contributed by atoms with Gasteiger partial charge in [0.2, 0.25) is 5.91 Å². The number of carbonyl (C=O) groups excluding carboxylic acids is 1. The summed E-state index contributed by atoms with van der Waals surface area (Å²) in [7, 11) is 0.